The van der Waals surface area contributed by atoms with Crippen LogP contribution in [0.2, 0.25) is 5.02 Å². The highest BCUT2D eigenvalue weighted by atomic mass is 35.5. The van der Waals surface area contributed by atoms with Crippen LogP contribution in [0.4, 0.5) is 0 Å². The van der Waals surface area contributed by atoms with Gasteiger partial charge >= 0.3 is 0 Å². The molecule has 1 unspecified atom stereocenters. The molecular weight excluding hydrogens is 329 g/mol. The van der Waals surface area contributed by atoms with Crippen molar-refractivity contribution in [3.05, 3.63) is 28.2 Å². The first-order valence-corrected chi connectivity index (χ1v) is 7.98. The van der Waals surface area contributed by atoms with E-state index in [4.69, 9.17) is 11.6 Å². The zero-order valence-corrected chi connectivity index (χ0v) is 13.8. The number of amides is 1. The first-order valence-electron chi connectivity index (χ1n) is 6.78. The van der Waals surface area contributed by atoms with Crippen LogP contribution in [0.1, 0.15) is 17.8 Å². The van der Waals surface area contributed by atoms with Gasteiger partial charge in [0.25, 0.3) is 0 Å². The summed E-state index contributed by atoms with van der Waals surface area (Å²) in [7, 11) is 0. The largest absolute Gasteiger partial charge is 0.354 e. The third-order valence-electron chi connectivity index (χ3n) is 3.41. The van der Waals surface area contributed by atoms with Gasteiger partial charge in [-0.1, -0.05) is 11.6 Å². The van der Waals surface area contributed by atoms with E-state index < -0.39 is 0 Å². The number of halogens is 2. The quantitative estimate of drug-likeness (QED) is 0.895. The summed E-state index contributed by atoms with van der Waals surface area (Å²) in [5.41, 5.74) is 0.932. The van der Waals surface area contributed by atoms with Gasteiger partial charge in [0, 0.05) is 18.0 Å². The lowest BCUT2D eigenvalue weighted by Crippen LogP contribution is -2.41. The van der Waals surface area contributed by atoms with E-state index in [0.717, 1.165) is 41.0 Å². The zero-order valence-electron chi connectivity index (χ0n) is 11.4. The first kappa shape index (κ1) is 16.5. The number of carbonyl (C=O) groups is 1. The predicted molar refractivity (Wildman–Crippen MR) is 89.6 cm³/mol. The van der Waals surface area contributed by atoms with E-state index in [2.05, 4.69) is 15.6 Å². The number of carbonyl (C=O) groups excluding carboxylic acids is 1. The van der Waals surface area contributed by atoms with Crippen molar-refractivity contribution in [3.8, 4) is 0 Å². The highest BCUT2D eigenvalue weighted by molar-refractivity contribution is 7.18. The summed E-state index contributed by atoms with van der Waals surface area (Å²) in [5.74, 6) is 0.103. The van der Waals surface area contributed by atoms with Gasteiger partial charge in [0.1, 0.15) is 0 Å². The number of rotatable bonds is 4. The van der Waals surface area contributed by atoms with Gasteiger partial charge in [-0.3, -0.25) is 4.79 Å². The third-order valence-corrected chi connectivity index (χ3v) is 4.74. The van der Waals surface area contributed by atoms with Crippen LogP contribution < -0.4 is 10.6 Å². The summed E-state index contributed by atoms with van der Waals surface area (Å²) in [6.45, 7) is 1.57. The topological polar surface area (TPSA) is 54.0 Å². The highest BCUT2D eigenvalue weighted by Crippen LogP contribution is 2.25. The second-order valence-corrected chi connectivity index (χ2v) is 6.46. The smallest absolute Gasteiger partial charge is 0.237 e. The Bertz CT molecular complexity index is 626. The van der Waals surface area contributed by atoms with E-state index in [1.54, 1.807) is 11.3 Å². The number of aromatic nitrogens is 1. The molecular formula is C14H17Cl2N3OS. The van der Waals surface area contributed by atoms with E-state index in [1.807, 2.05) is 18.2 Å². The first-order chi connectivity index (χ1) is 9.72. The van der Waals surface area contributed by atoms with Crippen LogP contribution in [0.25, 0.3) is 10.2 Å². The average Bonchev–Trinajstić information content (AvgIpc) is 3.06. The molecule has 0 saturated carbocycles. The van der Waals surface area contributed by atoms with Gasteiger partial charge in [-0.25, -0.2) is 4.98 Å². The van der Waals surface area contributed by atoms with E-state index in [1.165, 1.54) is 0 Å². The number of hydrogen-bond acceptors (Lipinski definition) is 4. The summed E-state index contributed by atoms with van der Waals surface area (Å²) < 4.78 is 1.13. The second-order valence-electron chi connectivity index (χ2n) is 4.91. The fourth-order valence-electron chi connectivity index (χ4n) is 2.38. The molecule has 1 atom stereocenters. The number of fused-ring (bicyclic) bond motifs is 1. The molecule has 0 spiro atoms. The van der Waals surface area contributed by atoms with Gasteiger partial charge in [-0.2, -0.15) is 0 Å². The molecule has 0 radical (unpaired) electrons. The van der Waals surface area contributed by atoms with Crippen molar-refractivity contribution >= 4 is 51.5 Å². The Balaban J connectivity index is 0.00000161. The maximum absolute atomic E-state index is 11.8. The molecule has 7 heteroatoms. The van der Waals surface area contributed by atoms with E-state index >= 15 is 0 Å². The molecule has 1 aromatic heterocycles. The fourth-order valence-corrected chi connectivity index (χ4v) is 3.49. The summed E-state index contributed by atoms with van der Waals surface area (Å²) in [6, 6.07) is 5.72. The second kappa shape index (κ2) is 7.40. The van der Waals surface area contributed by atoms with Crippen LogP contribution >= 0.6 is 35.3 Å². The van der Waals surface area contributed by atoms with E-state index in [-0.39, 0.29) is 24.4 Å². The standard InChI is InChI=1S/C14H16ClN3OS.ClH/c15-9-3-4-12-11(8-9)18-13(20-12)5-7-17-14(19)10-2-1-6-16-10;/h3-4,8,10,16H,1-2,5-7H2,(H,17,19);1H. The minimum atomic E-state index is -0.0100. The molecule has 4 nitrogen and oxygen atoms in total. The van der Waals surface area contributed by atoms with Crippen LogP contribution in [-0.4, -0.2) is 30.0 Å². The maximum Gasteiger partial charge on any atom is 0.237 e. The predicted octanol–water partition coefficient (Wildman–Crippen LogP) is 2.78. The Kier molecular flexibility index (Phi) is 5.81. The molecule has 3 rings (SSSR count). The Morgan fingerprint density at radius 2 is 2.38 bits per heavy atom. The summed E-state index contributed by atoms with van der Waals surface area (Å²) >= 11 is 7.60. The molecule has 2 N–H and O–H groups in total. The van der Waals surface area contributed by atoms with Gasteiger partial charge in [0.05, 0.1) is 21.3 Å². The van der Waals surface area contributed by atoms with Crippen molar-refractivity contribution in [3.63, 3.8) is 0 Å². The molecule has 2 heterocycles. The van der Waals surface area contributed by atoms with E-state index in [9.17, 15) is 4.79 Å². The average molecular weight is 346 g/mol. The van der Waals surface area contributed by atoms with Gasteiger partial charge in [0.2, 0.25) is 5.91 Å². The van der Waals surface area contributed by atoms with Crippen LogP contribution in [-0.2, 0) is 11.2 Å². The fraction of sp³-hybridized carbons (Fsp3) is 0.429. The SMILES string of the molecule is Cl.O=C(NCCc1nc2cc(Cl)ccc2s1)C1CCCN1. The van der Waals surface area contributed by atoms with Crippen LogP contribution in [0, 0.1) is 0 Å². The lowest BCUT2D eigenvalue weighted by atomic mass is 10.2. The summed E-state index contributed by atoms with van der Waals surface area (Å²) in [5, 5.41) is 7.89. The third kappa shape index (κ3) is 4.07. The summed E-state index contributed by atoms with van der Waals surface area (Å²) in [4.78, 5) is 16.4. The number of hydrogen-bond donors (Lipinski definition) is 2. The lowest BCUT2D eigenvalue weighted by molar-refractivity contribution is -0.122. The summed E-state index contributed by atoms with van der Waals surface area (Å²) in [6.07, 6.45) is 2.78. The molecule has 114 valence electrons. The zero-order chi connectivity index (χ0) is 13.9. The van der Waals surface area contributed by atoms with Crippen molar-refractivity contribution in [1.29, 1.82) is 0 Å². The number of benzene rings is 1. The Labute approximate surface area is 138 Å². The van der Waals surface area contributed by atoms with Crippen molar-refractivity contribution < 1.29 is 4.79 Å². The van der Waals surface area contributed by atoms with Gasteiger partial charge in [0.15, 0.2) is 0 Å². The van der Waals surface area contributed by atoms with Gasteiger partial charge in [-0.05, 0) is 37.6 Å². The Morgan fingerprint density at radius 3 is 3.14 bits per heavy atom. The van der Waals surface area contributed by atoms with Crippen LogP contribution in [0.3, 0.4) is 0 Å². The number of thiazole rings is 1. The number of nitrogens with zero attached hydrogens (tertiary/aromatic N) is 1. The van der Waals surface area contributed by atoms with Crippen molar-refractivity contribution in [1.82, 2.24) is 15.6 Å². The molecule has 21 heavy (non-hydrogen) atoms. The molecule has 2 aromatic rings. The molecule has 1 aromatic carbocycles. The van der Waals surface area contributed by atoms with E-state index in [0.29, 0.717) is 11.6 Å². The van der Waals surface area contributed by atoms with Crippen molar-refractivity contribution in [2.24, 2.45) is 0 Å². The minimum Gasteiger partial charge on any atom is -0.354 e. The van der Waals surface area contributed by atoms with Crippen LogP contribution in [0.5, 0.6) is 0 Å². The normalized spacial score (nSPS) is 17.7. The molecule has 1 aliphatic heterocycles. The van der Waals surface area contributed by atoms with Crippen molar-refractivity contribution in [2.45, 2.75) is 25.3 Å². The monoisotopic (exact) mass is 345 g/mol. The van der Waals surface area contributed by atoms with Crippen molar-refractivity contribution in [2.75, 3.05) is 13.1 Å². The van der Waals surface area contributed by atoms with Gasteiger partial charge < -0.3 is 10.6 Å². The van der Waals surface area contributed by atoms with Gasteiger partial charge in [-0.15, -0.1) is 23.7 Å². The van der Waals surface area contributed by atoms with Crippen LogP contribution in [0.15, 0.2) is 18.2 Å². The molecule has 1 saturated heterocycles. The molecule has 0 aliphatic carbocycles. The molecule has 0 bridgehead atoms. The Morgan fingerprint density at radius 1 is 1.52 bits per heavy atom. The number of nitrogens with one attached hydrogen (secondary N) is 2. The molecule has 1 amide bonds. The maximum atomic E-state index is 11.8. The minimum absolute atomic E-state index is 0. The lowest BCUT2D eigenvalue weighted by Gasteiger charge is -2.09. The highest BCUT2D eigenvalue weighted by Gasteiger charge is 2.21. The molecule has 1 aliphatic rings. The Hall–Kier alpha value is -0.880. The molecule has 1 fully saturated rings.